The van der Waals surface area contributed by atoms with Crippen molar-refractivity contribution >= 4 is 17.7 Å². The fourth-order valence-corrected chi connectivity index (χ4v) is 2.39. The van der Waals surface area contributed by atoms with Crippen molar-refractivity contribution in [2.75, 3.05) is 12.1 Å². The number of fused-ring (bicyclic) bond motifs is 1. The topological polar surface area (TPSA) is 71.4 Å². The summed E-state index contributed by atoms with van der Waals surface area (Å²) in [6.45, 7) is 4.08. The van der Waals surface area contributed by atoms with Crippen LogP contribution >= 0.6 is 0 Å². The lowest BCUT2D eigenvalue weighted by atomic mass is 10.1. The van der Waals surface area contributed by atoms with Crippen LogP contribution in [0.2, 0.25) is 0 Å². The average Bonchev–Trinajstić information content (AvgIpc) is 3.04. The maximum absolute atomic E-state index is 12.4. The molecule has 1 aliphatic rings. The fraction of sp³-hybridized carbons (Fsp3) is 0.158. The van der Waals surface area contributed by atoms with E-state index in [-0.39, 0.29) is 12.4 Å². The van der Waals surface area contributed by atoms with Crippen LogP contribution in [0.4, 0.5) is 5.69 Å². The van der Waals surface area contributed by atoms with Crippen LogP contribution in [0, 0.1) is 25.2 Å². The van der Waals surface area contributed by atoms with E-state index in [4.69, 9.17) is 9.47 Å². The molecule has 0 radical (unpaired) electrons. The summed E-state index contributed by atoms with van der Waals surface area (Å²) in [6, 6.07) is 12.9. The zero-order valence-electron chi connectivity index (χ0n) is 13.4. The van der Waals surface area contributed by atoms with Crippen molar-refractivity contribution < 1.29 is 14.3 Å². The molecule has 0 aliphatic carbocycles. The lowest BCUT2D eigenvalue weighted by molar-refractivity contribution is -0.112. The molecule has 0 fully saturated rings. The minimum absolute atomic E-state index is 0.0229. The van der Waals surface area contributed by atoms with Crippen molar-refractivity contribution in [2.24, 2.45) is 0 Å². The Morgan fingerprint density at radius 2 is 2.00 bits per heavy atom. The molecule has 1 amide bonds. The van der Waals surface area contributed by atoms with Crippen LogP contribution in [0.25, 0.3) is 6.08 Å². The van der Waals surface area contributed by atoms with E-state index in [9.17, 15) is 10.1 Å². The molecule has 0 unspecified atom stereocenters. The van der Waals surface area contributed by atoms with E-state index in [2.05, 4.69) is 5.32 Å². The maximum Gasteiger partial charge on any atom is 0.266 e. The molecule has 0 spiro atoms. The summed E-state index contributed by atoms with van der Waals surface area (Å²) in [5.74, 6) is 0.824. The number of benzene rings is 2. The molecule has 3 rings (SSSR count). The third kappa shape index (κ3) is 3.08. The van der Waals surface area contributed by atoms with Crippen LogP contribution in [0.5, 0.6) is 11.5 Å². The summed E-state index contributed by atoms with van der Waals surface area (Å²) < 4.78 is 10.6. The highest BCUT2D eigenvalue weighted by atomic mass is 16.7. The smallest absolute Gasteiger partial charge is 0.266 e. The van der Waals surface area contributed by atoms with Gasteiger partial charge in [0, 0.05) is 5.69 Å². The number of nitrogens with zero attached hydrogens (tertiary/aromatic N) is 1. The highest BCUT2D eigenvalue weighted by molar-refractivity contribution is 6.10. The van der Waals surface area contributed by atoms with E-state index in [0.29, 0.717) is 22.7 Å². The van der Waals surface area contributed by atoms with Gasteiger partial charge >= 0.3 is 0 Å². The fourth-order valence-electron chi connectivity index (χ4n) is 2.39. The van der Waals surface area contributed by atoms with Crippen molar-refractivity contribution in [1.29, 1.82) is 5.26 Å². The van der Waals surface area contributed by atoms with E-state index in [1.54, 1.807) is 18.2 Å². The van der Waals surface area contributed by atoms with Crippen molar-refractivity contribution in [1.82, 2.24) is 0 Å². The highest BCUT2D eigenvalue weighted by Crippen LogP contribution is 2.33. The van der Waals surface area contributed by atoms with E-state index < -0.39 is 5.91 Å². The summed E-state index contributed by atoms with van der Waals surface area (Å²) in [7, 11) is 0. The van der Waals surface area contributed by atoms with Gasteiger partial charge in [-0.25, -0.2) is 0 Å². The summed E-state index contributed by atoms with van der Waals surface area (Å²) in [6.07, 6.45) is 1.53. The Hall–Kier alpha value is -3.26. The number of carbonyl (C=O) groups excluding carboxylic acids is 1. The van der Waals surface area contributed by atoms with E-state index in [0.717, 1.165) is 11.1 Å². The quantitative estimate of drug-likeness (QED) is 0.693. The predicted octanol–water partition coefficient (Wildman–Crippen LogP) is 3.58. The molecular weight excluding hydrogens is 304 g/mol. The van der Waals surface area contributed by atoms with Gasteiger partial charge in [0.2, 0.25) is 6.79 Å². The van der Waals surface area contributed by atoms with E-state index in [1.165, 1.54) is 6.08 Å². The minimum atomic E-state index is -0.441. The SMILES string of the molecule is Cc1cccc(NC(=O)C(C#N)=Cc2ccc3c(c2)OCO3)c1C. The molecule has 0 bridgehead atoms. The molecule has 0 saturated heterocycles. The van der Waals surface area contributed by atoms with Gasteiger partial charge in [0.25, 0.3) is 5.91 Å². The Bertz CT molecular complexity index is 879. The molecule has 1 N–H and O–H groups in total. The number of rotatable bonds is 3. The van der Waals surface area contributed by atoms with Gasteiger partial charge < -0.3 is 14.8 Å². The van der Waals surface area contributed by atoms with Crippen LogP contribution in [0.3, 0.4) is 0 Å². The summed E-state index contributed by atoms with van der Waals surface area (Å²) in [4.78, 5) is 12.4. The Morgan fingerprint density at radius 1 is 1.21 bits per heavy atom. The number of ether oxygens (including phenoxy) is 2. The number of nitrogens with one attached hydrogen (secondary N) is 1. The van der Waals surface area contributed by atoms with Crippen molar-refractivity contribution in [3.63, 3.8) is 0 Å². The van der Waals surface area contributed by atoms with E-state index in [1.807, 2.05) is 38.1 Å². The first-order chi connectivity index (χ1) is 11.6. The molecule has 2 aromatic rings. The van der Waals surface area contributed by atoms with Gasteiger partial charge in [-0.15, -0.1) is 0 Å². The summed E-state index contributed by atoms with van der Waals surface area (Å²) in [5, 5.41) is 12.1. The number of aryl methyl sites for hydroxylation is 1. The molecule has 5 heteroatoms. The third-order valence-corrected chi connectivity index (χ3v) is 3.93. The molecule has 120 valence electrons. The molecule has 0 aromatic heterocycles. The lowest BCUT2D eigenvalue weighted by Crippen LogP contribution is -2.14. The Balaban J connectivity index is 1.84. The molecule has 0 atom stereocenters. The van der Waals surface area contributed by atoms with Crippen LogP contribution in [0.1, 0.15) is 16.7 Å². The van der Waals surface area contributed by atoms with Crippen LogP contribution in [-0.2, 0) is 4.79 Å². The monoisotopic (exact) mass is 320 g/mol. The number of carbonyl (C=O) groups is 1. The Kier molecular flexibility index (Phi) is 4.21. The van der Waals surface area contributed by atoms with Crippen molar-refractivity contribution in [3.8, 4) is 17.6 Å². The molecule has 5 nitrogen and oxygen atoms in total. The third-order valence-electron chi connectivity index (χ3n) is 3.93. The van der Waals surface area contributed by atoms with Gasteiger partial charge in [-0.2, -0.15) is 5.26 Å². The second kappa shape index (κ2) is 6.47. The summed E-state index contributed by atoms with van der Waals surface area (Å²) >= 11 is 0. The number of amides is 1. The molecular formula is C19H16N2O3. The minimum Gasteiger partial charge on any atom is -0.454 e. The first-order valence-electron chi connectivity index (χ1n) is 7.47. The van der Waals surface area contributed by atoms with Gasteiger partial charge in [0.15, 0.2) is 11.5 Å². The van der Waals surface area contributed by atoms with Crippen molar-refractivity contribution in [2.45, 2.75) is 13.8 Å². The number of nitriles is 1. The standard InChI is InChI=1S/C19H16N2O3/c1-12-4-3-5-16(13(12)2)21-19(22)15(10-20)8-14-6-7-17-18(9-14)24-11-23-17/h3-9H,11H2,1-2H3,(H,21,22). The van der Waals surface area contributed by atoms with Crippen LogP contribution in [0.15, 0.2) is 42.0 Å². The van der Waals surface area contributed by atoms with Crippen molar-refractivity contribution in [3.05, 3.63) is 58.7 Å². The zero-order valence-corrected chi connectivity index (χ0v) is 13.4. The molecule has 0 saturated carbocycles. The number of hydrogen-bond donors (Lipinski definition) is 1. The maximum atomic E-state index is 12.4. The average molecular weight is 320 g/mol. The van der Waals surface area contributed by atoms with Crippen LogP contribution in [-0.4, -0.2) is 12.7 Å². The van der Waals surface area contributed by atoms with Crippen LogP contribution < -0.4 is 14.8 Å². The number of anilines is 1. The molecule has 2 aromatic carbocycles. The largest absolute Gasteiger partial charge is 0.454 e. The highest BCUT2D eigenvalue weighted by Gasteiger charge is 2.15. The zero-order chi connectivity index (χ0) is 17.1. The summed E-state index contributed by atoms with van der Waals surface area (Å²) in [5.41, 5.74) is 3.48. The first kappa shape index (κ1) is 15.6. The lowest BCUT2D eigenvalue weighted by Gasteiger charge is -2.09. The van der Waals surface area contributed by atoms with Gasteiger partial charge in [-0.05, 0) is 54.8 Å². The normalized spacial score (nSPS) is 12.6. The molecule has 1 aliphatic heterocycles. The molecule has 1 heterocycles. The Labute approximate surface area is 140 Å². The van der Waals surface area contributed by atoms with Gasteiger partial charge in [-0.1, -0.05) is 18.2 Å². The first-order valence-corrected chi connectivity index (χ1v) is 7.47. The molecule has 24 heavy (non-hydrogen) atoms. The second-order valence-corrected chi connectivity index (χ2v) is 5.48. The van der Waals surface area contributed by atoms with Gasteiger partial charge in [0.05, 0.1) is 0 Å². The van der Waals surface area contributed by atoms with Gasteiger partial charge in [-0.3, -0.25) is 4.79 Å². The number of hydrogen-bond acceptors (Lipinski definition) is 4. The predicted molar refractivity (Wildman–Crippen MR) is 90.7 cm³/mol. The second-order valence-electron chi connectivity index (χ2n) is 5.48. The van der Waals surface area contributed by atoms with Gasteiger partial charge in [0.1, 0.15) is 11.6 Å². The van der Waals surface area contributed by atoms with E-state index >= 15 is 0 Å². The Morgan fingerprint density at radius 3 is 2.79 bits per heavy atom.